The van der Waals surface area contributed by atoms with Gasteiger partial charge in [-0.2, -0.15) is 0 Å². The van der Waals surface area contributed by atoms with E-state index in [1.54, 1.807) is 22.7 Å². The summed E-state index contributed by atoms with van der Waals surface area (Å²) >= 11 is 3.40. The second-order valence-corrected chi connectivity index (χ2v) is 7.20. The summed E-state index contributed by atoms with van der Waals surface area (Å²) in [7, 11) is 0. The van der Waals surface area contributed by atoms with Crippen LogP contribution in [0.3, 0.4) is 0 Å². The number of fused-ring (bicyclic) bond motifs is 1. The zero-order valence-corrected chi connectivity index (χ0v) is 14.8. The standard InChI is InChI=1S/C17H22O3S2/c1-3-4-5-6-7-19-14-12(2)10-21-16(14)17-15-13(11-22-17)18-8-9-20-15/h10-11H,3-9H2,1-2H3. The highest BCUT2D eigenvalue weighted by Gasteiger charge is 2.24. The summed E-state index contributed by atoms with van der Waals surface area (Å²) in [6, 6.07) is 0. The predicted molar refractivity (Wildman–Crippen MR) is 93.0 cm³/mol. The van der Waals surface area contributed by atoms with Crippen molar-refractivity contribution in [1.82, 2.24) is 0 Å². The van der Waals surface area contributed by atoms with Gasteiger partial charge in [0, 0.05) is 10.9 Å². The molecule has 2 aromatic heterocycles. The Hall–Kier alpha value is -1.20. The Morgan fingerprint density at radius 3 is 2.73 bits per heavy atom. The van der Waals surface area contributed by atoms with Gasteiger partial charge in [0.25, 0.3) is 0 Å². The minimum absolute atomic E-state index is 0.619. The zero-order valence-electron chi connectivity index (χ0n) is 13.1. The molecule has 0 saturated carbocycles. The first-order valence-corrected chi connectivity index (χ1v) is 9.65. The minimum atomic E-state index is 0.619. The summed E-state index contributed by atoms with van der Waals surface area (Å²) < 4.78 is 17.5. The van der Waals surface area contributed by atoms with Crippen molar-refractivity contribution in [3.63, 3.8) is 0 Å². The van der Waals surface area contributed by atoms with E-state index in [4.69, 9.17) is 14.2 Å². The molecule has 0 unspecified atom stereocenters. The Morgan fingerprint density at radius 1 is 1.05 bits per heavy atom. The highest BCUT2D eigenvalue weighted by atomic mass is 32.1. The van der Waals surface area contributed by atoms with Crippen molar-refractivity contribution in [2.75, 3.05) is 19.8 Å². The van der Waals surface area contributed by atoms with Crippen molar-refractivity contribution in [3.8, 4) is 27.0 Å². The topological polar surface area (TPSA) is 27.7 Å². The summed E-state index contributed by atoms with van der Waals surface area (Å²) in [6.07, 6.45) is 4.88. The first-order valence-electron chi connectivity index (χ1n) is 7.89. The first-order chi connectivity index (χ1) is 10.8. The molecule has 3 heterocycles. The lowest BCUT2D eigenvalue weighted by molar-refractivity contribution is 0.174. The summed E-state index contributed by atoms with van der Waals surface area (Å²) in [4.78, 5) is 2.31. The molecule has 3 nitrogen and oxygen atoms in total. The molecule has 2 aromatic rings. The van der Waals surface area contributed by atoms with Gasteiger partial charge < -0.3 is 14.2 Å². The lowest BCUT2D eigenvalue weighted by Gasteiger charge is -2.16. The quantitative estimate of drug-likeness (QED) is 0.623. The highest BCUT2D eigenvalue weighted by Crippen LogP contribution is 2.51. The summed E-state index contributed by atoms with van der Waals surface area (Å²) in [5.41, 5.74) is 1.20. The molecule has 0 bridgehead atoms. The fourth-order valence-electron chi connectivity index (χ4n) is 2.49. The van der Waals surface area contributed by atoms with Gasteiger partial charge in [-0.25, -0.2) is 0 Å². The van der Waals surface area contributed by atoms with Gasteiger partial charge in [-0.15, -0.1) is 22.7 Å². The van der Waals surface area contributed by atoms with Crippen LogP contribution in [0.15, 0.2) is 10.8 Å². The number of thiophene rings is 2. The van der Waals surface area contributed by atoms with E-state index < -0.39 is 0 Å². The third kappa shape index (κ3) is 3.25. The van der Waals surface area contributed by atoms with E-state index in [2.05, 4.69) is 19.2 Å². The maximum atomic E-state index is 6.09. The van der Waals surface area contributed by atoms with Gasteiger partial charge in [0.15, 0.2) is 11.5 Å². The van der Waals surface area contributed by atoms with E-state index in [1.165, 1.54) is 29.7 Å². The van der Waals surface area contributed by atoms with Gasteiger partial charge in [-0.05, 0) is 18.7 Å². The zero-order chi connectivity index (χ0) is 15.4. The Labute approximate surface area is 139 Å². The fourth-order valence-corrected chi connectivity index (χ4v) is 4.58. The van der Waals surface area contributed by atoms with Crippen LogP contribution in [0.2, 0.25) is 0 Å². The summed E-state index contributed by atoms with van der Waals surface area (Å²) in [5.74, 6) is 2.76. The number of aryl methyl sites for hydroxylation is 1. The van der Waals surface area contributed by atoms with E-state index in [1.807, 2.05) is 5.38 Å². The lowest BCUT2D eigenvalue weighted by atomic mass is 10.2. The molecule has 5 heteroatoms. The molecule has 0 atom stereocenters. The van der Waals surface area contributed by atoms with Crippen LogP contribution in [0.1, 0.15) is 38.2 Å². The molecule has 120 valence electrons. The Bertz CT molecular complexity index is 615. The average Bonchev–Trinajstić information content (AvgIpc) is 3.11. The van der Waals surface area contributed by atoms with Crippen LogP contribution >= 0.6 is 22.7 Å². The number of unbranched alkanes of at least 4 members (excludes halogenated alkanes) is 3. The molecule has 3 rings (SSSR count). The number of hydrogen-bond acceptors (Lipinski definition) is 5. The number of hydrogen-bond donors (Lipinski definition) is 0. The molecular weight excluding hydrogens is 316 g/mol. The van der Waals surface area contributed by atoms with Crippen LogP contribution in [0.5, 0.6) is 17.2 Å². The molecule has 0 radical (unpaired) electrons. The highest BCUT2D eigenvalue weighted by molar-refractivity contribution is 7.21. The van der Waals surface area contributed by atoms with Gasteiger partial charge in [-0.1, -0.05) is 26.2 Å². The minimum Gasteiger partial charge on any atom is -0.492 e. The maximum Gasteiger partial charge on any atom is 0.180 e. The van der Waals surface area contributed by atoms with E-state index in [9.17, 15) is 0 Å². The lowest BCUT2D eigenvalue weighted by Crippen LogP contribution is -2.14. The third-order valence-corrected chi connectivity index (χ3v) is 5.85. The first kappa shape index (κ1) is 15.7. The SMILES string of the molecule is CCCCCCOc1c(C)csc1-c1scc2c1OCCO2. The maximum absolute atomic E-state index is 6.09. The predicted octanol–water partition coefficient (Wildman–Crippen LogP) is 5.52. The molecule has 22 heavy (non-hydrogen) atoms. The van der Waals surface area contributed by atoms with Gasteiger partial charge in [-0.3, -0.25) is 0 Å². The van der Waals surface area contributed by atoms with Crippen molar-refractivity contribution in [1.29, 1.82) is 0 Å². The third-order valence-electron chi connectivity index (χ3n) is 3.67. The van der Waals surface area contributed by atoms with Crippen molar-refractivity contribution in [3.05, 3.63) is 16.3 Å². The Balaban J connectivity index is 1.76. The second kappa shape index (κ2) is 7.38. The van der Waals surface area contributed by atoms with Crippen LogP contribution in [0.25, 0.3) is 9.75 Å². The fraction of sp³-hybridized carbons (Fsp3) is 0.529. The van der Waals surface area contributed by atoms with Gasteiger partial charge in [0.2, 0.25) is 0 Å². The van der Waals surface area contributed by atoms with Crippen molar-refractivity contribution >= 4 is 22.7 Å². The van der Waals surface area contributed by atoms with Crippen LogP contribution in [0, 0.1) is 6.92 Å². The largest absolute Gasteiger partial charge is 0.492 e. The Kier molecular flexibility index (Phi) is 5.26. The molecule has 1 aliphatic rings. The van der Waals surface area contributed by atoms with E-state index >= 15 is 0 Å². The van der Waals surface area contributed by atoms with Crippen molar-refractivity contribution < 1.29 is 14.2 Å². The van der Waals surface area contributed by atoms with Gasteiger partial charge in [0.05, 0.1) is 16.4 Å². The van der Waals surface area contributed by atoms with E-state index in [-0.39, 0.29) is 0 Å². The van der Waals surface area contributed by atoms with Crippen LogP contribution in [0.4, 0.5) is 0 Å². The van der Waals surface area contributed by atoms with E-state index in [0.717, 1.165) is 35.2 Å². The molecule has 0 spiro atoms. The van der Waals surface area contributed by atoms with Crippen LogP contribution in [-0.4, -0.2) is 19.8 Å². The molecule has 0 N–H and O–H groups in total. The van der Waals surface area contributed by atoms with Crippen LogP contribution < -0.4 is 14.2 Å². The molecule has 0 aromatic carbocycles. The molecule has 1 aliphatic heterocycles. The van der Waals surface area contributed by atoms with E-state index in [0.29, 0.717) is 13.2 Å². The normalized spacial score (nSPS) is 13.4. The Morgan fingerprint density at radius 2 is 1.86 bits per heavy atom. The molecular formula is C17H22O3S2. The smallest absolute Gasteiger partial charge is 0.180 e. The number of rotatable bonds is 7. The summed E-state index contributed by atoms with van der Waals surface area (Å²) in [6.45, 7) is 6.38. The van der Waals surface area contributed by atoms with Crippen molar-refractivity contribution in [2.24, 2.45) is 0 Å². The van der Waals surface area contributed by atoms with Crippen LogP contribution in [-0.2, 0) is 0 Å². The molecule has 0 saturated heterocycles. The summed E-state index contributed by atoms with van der Waals surface area (Å²) in [5, 5.41) is 4.19. The molecule has 0 amide bonds. The molecule has 0 fully saturated rings. The van der Waals surface area contributed by atoms with Gasteiger partial charge >= 0.3 is 0 Å². The average molecular weight is 338 g/mol. The second-order valence-electron chi connectivity index (χ2n) is 5.44. The number of ether oxygens (including phenoxy) is 3. The molecule has 0 aliphatic carbocycles. The van der Waals surface area contributed by atoms with Crippen molar-refractivity contribution in [2.45, 2.75) is 39.5 Å². The monoisotopic (exact) mass is 338 g/mol. The van der Waals surface area contributed by atoms with Gasteiger partial charge in [0.1, 0.15) is 19.0 Å².